The number of amides is 1. The van der Waals surface area contributed by atoms with E-state index >= 15 is 0 Å². The van der Waals surface area contributed by atoms with Crippen LogP contribution in [0.5, 0.6) is 11.5 Å². The summed E-state index contributed by atoms with van der Waals surface area (Å²) in [6.45, 7) is 5.67. The van der Waals surface area contributed by atoms with Gasteiger partial charge in [0.05, 0.1) is 24.8 Å². The molecule has 0 saturated carbocycles. The molecule has 0 bridgehead atoms. The van der Waals surface area contributed by atoms with Crippen molar-refractivity contribution in [2.24, 2.45) is 0 Å². The summed E-state index contributed by atoms with van der Waals surface area (Å²) in [6, 6.07) is 20.6. The van der Waals surface area contributed by atoms with E-state index in [1.54, 1.807) is 55.6 Å². The van der Waals surface area contributed by atoms with E-state index in [1.165, 1.54) is 4.90 Å². The maximum absolute atomic E-state index is 13.3. The van der Waals surface area contributed by atoms with E-state index in [1.807, 2.05) is 45.0 Å². The number of aryl methyl sites for hydroxylation is 1. The van der Waals surface area contributed by atoms with Crippen LogP contribution in [0, 0.1) is 6.92 Å². The molecule has 1 atom stereocenters. The first-order valence-corrected chi connectivity index (χ1v) is 11.1. The minimum Gasteiger partial charge on any atom is -0.507 e. The zero-order chi connectivity index (χ0) is 24.4. The molecule has 1 N–H and O–H groups in total. The van der Waals surface area contributed by atoms with Gasteiger partial charge in [-0.05, 0) is 74.4 Å². The molecule has 3 aromatic carbocycles. The smallest absolute Gasteiger partial charge is 0.300 e. The van der Waals surface area contributed by atoms with Crippen LogP contribution in [0.3, 0.4) is 0 Å². The summed E-state index contributed by atoms with van der Waals surface area (Å²) >= 11 is 0. The number of nitrogens with zero attached hydrogens (tertiary/aromatic N) is 1. The highest BCUT2D eigenvalue weighted by Crippen LogP contribution is 2.43. The van der Waals surface area contributed by atoms with Crippen molar-refractivity contribution in [1.29, 1.82) is 0 Å². The maximum Gasteiger partial charge on any atom is 0.300 e. The second kappa shape index (κ2) is 9.43. The monoisotopic (exact) mass is 457 g/mol. The zero-order valence-corrected chi connectivity index (χ0v) is 19.6. The number of hydrogen-bond acceptors (Lipinski definition) is 5. The van der Waals surface area contributed by atoms with E-state index in [9.17, 15) is 14.7 Å². The highest BCUT2D eigenvalue weighted by molar-refractivity contribution is 6.51. The van der Waals surface area contributed by atoms with Crippen molar-refractivity contribution >= 4 is 23.1 Å². The third kappa shape index (κ3) is 4.27. The number of para-hydroxylation sites is 1. The standard InChI is InChI=1S/C28H27NO5/c1-17(2)34-22-12-8-9-19(16-22)25-24(26(30)23-14-13-21(33-4)15-18(23)3)27(31)28(32)29(25)20-10-6-5-7-11-20/h5-17,25,30H,1-4H3/b26-24+. The first-order chi connectivity index (χ1) is 16.3. The quantitative estimate of drug-likeness (QED) is 0.304. The van der Waals surface area contributed by atoms with Gasteiger partial charge in [-0.3, -0.25) is 14.5 Å². The molecule has 6 nitrogen and oxygen atoms in total. The molecule has 6 heteroatoms. The molecule has 1 unspecified atom stereocenters. The van der Waals surface area contributed by atoms with Crippen LogP contribution in [0.1, 0.15) is 36.6 Å². The van der Waals surface area contributed by atoms with Crippen LogP contribution in [-0.2, 0) is 9.59 Å². The number of ketones is 1. The van der Waals surface area contributed by atoms with Crippen molar-refractivity contribution in [3.05, 3.63) is 95.1 Å². The summed E-state index contributed by atoms with van der Waals surface area (Å²) in [6.07, 6.45) is -0.0438. The number of carbonyl (C=O) groups is 2. The third-order valence-electron chi connectivity index (χ3n) is 5.71. The van der Waals surface area contributed by atoms with Crippen LogP contribution in [0.15, 0.2) is 78.4 Å². The minimum absolute atomic E-state index is 0.0313. The summed E-state index contributed by atoms with van der Waals surface area (Å²) in [5, 5.41) is 11.4. The van der Waals surface area contributed by atoms with Gasteiger partial charge in [0.1, 0.15) is 17.3 Å². The van der Waals surface area contributed by atoms with Crippen molar-refractivity contribution in [1.82, 2.24) is 0 Å². The van der Waals surface area contributed by atoms with Gasteiger partial charge in [0, 0.05) is 11.3 Å². The topological polar surface area (TPSA) is 76.1 Å². The van der Waals surface area contributed by atoms with E-state index in [4.69, 9.17) is 9.47 Å². The van der Waals surface area contributed by atoms with E-state index in [0.29, 0.717) is 28.3 Å². The number of benzene rings is 3. The Morgan fingerprint density at radius 1 is 0.941 bits per heavy atom. The predicted octanol–water partition coefficient (Wildman–Crippen LogP) is 5.42. The van der Waals surface area contributed by atoms with Crippen LogP contribution < -0.4 is 14.4 Å². The number of aliphatic hydroxyl groups is 1. The summed E-state index contributed by atoms with van der Waals surface area (Å²) in [5.74, 6) is -0.409. The second-order valence-electron chi connectivity index (χ2n) is 8.42. The minimum atomic E-state index is -0.820. The third-order valence-corrected chi connectivity index (χ3v) is 5.71. The van der Waals surface area contributed by atoms with Gasteiger partial charge in [0.2, 0.25) is 0 Å². The lowest BCUT2D eigenvalue weighted by atomic mass is 9.93. The van der Waals surface area contributed by atoms with Gasteiger partial charge in [-0.2, -0.15) is 0 Å². The molecule has 3 aromatic rings. The maximum atomic E-state index is 13.3. The Kier molecular flexibility index (Phi) is 6.41. The number of aliphatic hydroxyl groups excluding tert-OH is 1. The van der Waals surface area contributed by atoms with Crippen LogP contribution in [-0.4, -0.2) is 30.0 Å². The molecular weight excluding hydrogens is 430 g/mol. The zero-order valence-electron chi connectivity index (χ0n) is 19.6. The largest absolute Gasteiger partial charge is 0.507 e. The number of carbonyl (C=O) groups excluding carboxylic acids is 2. The molecule has 1 aliphatic heterocycles. The number of rotatable bonds is 6. The van der Waals surface area contributed by atoms with Gasteiger partial charge < -0.3 is 14.6 Å². The Hall–Kier alpha value is -4.06. The molecule has 1 saturated heterocycles. The molecule has 0 aromatic heterocycles. The Morgan fingerprint density at radius 3 is 2.32 bits per heavy atom. The van der Waals surface area contributed by atoms with Crippen molar-refractivity contribution in [2.45, 2.75) is 32.9 Å². The van der Waals surface area contributed by atoms with Crippen LogP contribution in [0.25, 0.3) is 5.76 Å². The number of Topliss-reactive ketones (excluding diaryl/α,β-unsaturated/α-hetero) is 1. The lowest BCUT2D eigenvalue weighted by molar-refractivity contribution is -0.132. The molecule has 1 aliphatic rings. The molecule has 0 aliphatic carbocycles. The molecule has 1 fully saturated rings. The van der Waals surface area contributed by atoms with Gasteiger partial charge in [-0.15, -0.1) is 0 Å². The first kappa shape index (κ1) is 23.1. The fourth-order valence-corrected chi connectivity index (χ4v) is 4.21. The van der Waals surface area contributed by atoms with Crippen molar-refractivity contribution < 1.29 is 24.2 Å². The van der Waals surface area contributed by atoms with Gasteiger partial charge in [0.15, 0.2) is 0 Å². The summed E-state index contributed by atoms with van der Waals surface area (Å²) in [4.78, 5) is 28.0. The first-order valence-electron chi connectivity index (χ1n) is 11.1. The Labute approximate surface area is 199 Å². The molecular formula is C28H27NO5. The fraction of sp³-hybridized carbons (Fsp3) is 0.214. The summed E-state index contributed by atoms with van der Waals surface area (Å²) in [7, 11) is 1.56. The van der Waals surface area contributed by atoms with Crippen molar-refractivity contribution in [2.75, 3.05) is 12.0 Å². The Bertz CT molecular complexity index is 1260. The van der Waals surface area contributed by atoms with Gasteiger partial charge in [0.25, 0.3) is 11.7 Å². The Morgan fingerprint density at radius 2 is 1.68 bits per heavy atom. The second-order valence-corrected chi connectivity index (χ2v) is 8.42. The average molecular weight is 458 g/mol. The summed E-state index contributed by atoms with van der Waals surface area (Å²) in [5.41, 5.74) is 2.44. The molecule has 174 valence electrons. The van der Waals surface area contributed by atoms with Gasteiger partial charge in [-0.1, -0.05) is 30.3 Å². The highest BCUT2D eigenvalue weighted by Gasteiger charge is 2.47. The number of methoxy groups -OCH3 is 1. The lowest BCUT2D eigenvalue weighted by Crippen LogP contribution is -2.29. The molecule has 1 heterocycles. The van der Waals surface area contributed by atoms with Gasteiger partial charge >= 0.3 is 0 Å². The molecule has 0 radical (unpaired) electrons. The van der Waals surface area contributed by atoms with E-state index in [2.05, 4.69) is 0 Å². The SMILES string of the molecule is COc1ccc(/C(O)=C2\C(=O)C(=O)N(c3ccccc3)C2c2cccc(OC(C)C)c2)c(C)c1. The van der Waals surface area contributed by atoms with Crippen LogP contribution >= 0.6 is 0 Å². The predicted molar refractivity (Wildman–Crippen MR) is 131 cm³/mol. The fourth-order valence-electron chi connectivity index (χ4n) is 4.21. The normalized spacial score (nSPS) is 17.3. The highest BCUT2D eigenvalue weighted by atomic mass is 16.5. The molecule has 1 amide bonds. The Balaban J connectivity index is 1.93. The molecule has 0 spiro atoms. The molecule has 4 rings (SSSR count). The summed E-state index contributed by atoms with van der Waals surface area (Å²) < 4.78 is 11.1. The van der Waals surface area contributed by atoms with E-state index in [0.717, 1.165) is 5.56 Å². The molecule has 34 heavy (non-hydrogen) atoms. The number of ether oxygens (including phenoxy) is 2. The lowest BCUT2D eigenvalue weighted by Gasteiger charge is -2.26. The van der Waals surface area contributed by atoms with Crippen LogP contribution in [0.4, 0.5) is 5.69 Å². The van der Waals surface area contributed by atoms with Crippen molar-refractivity contribution in [3.63, 3.8) is 0 Å². The van der Waals surface area contributed by atoms with Crippen LogP contribution in [0.2, 0.25) is 0 Å². The van der Waals surface area contributed by atoms with Crippen molar-refractivity contribution in [3.8, 4) is 11.5 Å². The average Bonchev–Trinajstić information content (AvgIpc) is 3.09. The number of hydrogen-bond donors (Lipinski definition) is 1. The van der Waals surface area contributed by atoms with E-state index in [-0.39, 0.29) is 17.4 Å². The number of anilines is 1. The van der Waals surface area contributed by atoms with E-state index < -0.39 is 17.7 Å². The van der Waals surface area contributed by atoms with Gasteiger partial charge in [-0.25, -0.2) is 0 Å².